The van der Waals surface area contributed by atoms with Crippen LogP contribution in [0.25, 0.3) is 10.9 Å². The molecule has 1 aromatic heterocycles. The minimum absolute atomic E-state index is 0.0330. The first kappa shape index (κ1) is 12.6. The van der Waals surface area contributed by atoms with E-state index in [1.165, 1.54) is 17.6 Å². The average molecular weight is 239 g/mol. The first-order valence-corrected chi connectivity index (χ1v) is 5.38. The van der Waals surface area contributed by atoms with Gasteiger partial charge in [0, 0.05) is 22.5 Å². The predicted octanol–water partition coefficient (Wildman–Crippen LogP) is 3.89. The Kier molecular flexibility index (Phi) is 4.43. The largest absolute Gasteiger partial charge is 0.252 e. The summed E-state index contributed by atoms with van der Waals surface area (Å²) in [5, 5.41) is 1.98. The highest BCUT2D eigenvalue weighted by atomic mass is 32.1. The molecule has 1 aromatic carbocycles. The molecule has 84 valence electrons. The van der Waals surface area contributed by atoms with Gasteiger partial charge >= 0.3 is 0 Å². The first-order chi connectivity index (χ1) is 7.72. The molecule has 1 nitrogen and oxygen atoms in total. The number of hydrogen-bond acceptors (Lipinski definition) is 2. The van der Waals surface area contributed by atoms with Gasteiger partial charge in [0.15, 0.2) is 11.6 Å². The molecule has 4 heteroatoms. The lowest BCUT2D eigenvalue weighted by Crippen LogP contribution is -1.90. The van der Waals surface area contributed by atoms with Crippen LogP contribution < -0.4 is 0 Å². The van der Waals surface area contributed by atoms with E-state index >= 15 is 0 Å². The third-order valence-corrected chi connectivity index (χ3v) is 2.17. The van der Waals surface area contributed by atoms with E-state index in [0.717, 1.165) is 6.07 Å². The minimum atomic E-state index is -0.918. The second-order valence-corrected chi connectivity index (χ2v) is 3.06. The molecular weight excluding hydrogens is 228 g/mol. The third kappa shape index (κ3) is 2.39. The van der Waals surface area contributed by atoms with Crippen LogP contribution in [0, 0.1) is 11.6 Å². The summed E-state index contributed by atoms with van der Waals surface area (Å²) >= 11 is 4.71. The molecule has 0 aliphatic heterocycles. The van der Waals surface area contributed by atoms with Gasteiger partial charge in [-0.1, -0.05) is 26.1 Å². The molecule has 0 aliphatic rings. The second-order valence-electron chi connectivity index (χ2n) is 2.82. The van der Waals surface area contributed by atoms with E-state index in [2.05, 4.69) is 4.98 Å². The molecule has 0 fully saturated rings. The molecule has 0 atom stereocenters. The number of halogens is 2. The van der Waals surface area contributed by atoms with E-state index in [-0.39, 0.29) is 5.52 Å². The van der Waals surface area contributed by atoms with Crippen LogP contribution in [0.5, 0.6) is 0 Å². The highest BCUT2D eigenvalue weighted by molar-refractivity contribution is 7.79. The van der Waals surface area contributed by atoms with Gasteiger partial charge in [-0.25, -0.2) is 8.78 Å². The summed E-state index contributed by atoms with van der Waals surface area (Å²) in [6.07, 6.45) is 1.41. The van der Waals surface area contributed by atoms with Crippen LogP contribution in [0.2, 0.25) is 0 Å². The SMILES string of the molecule is CC.Fc1ccc2cc(C=S)cnc2c1F. The van der Waals surface area contributed by atoms with Gasteiger partial charge in [0.05, 0.1) is 0 Å². The quantitative estimate of drug-likeness (QED) is 0.700. The Morgan fingerprint density at radius 2 is 1.94 bits per heavy atom. The van der Waals surface area contributed by atoms with Crippen molar-refractivity contribution in [3.8, 4) is 0 Å². The molecular formula is C12H11F2NS. The smallest absolute Gasteiger partial charge is 0.184 e. The highest BCUT2D eigenvalue weighted by Crippen LogP contribution is 2.18. The summed E-state index contributed by atoms with van der Waals surface area (Å²) in [7, 11) is 0. The number of thiocarbonyl (C=S) groups is 1. The fourth-order valence-corrected chi connectivity index (χ4v) is 1.35. The van der Waals surface area contributed by atoms with Gasteiger partial charge in [-0.05, 0) is 18.2 Å². The molecule has 0 saturated heterocycles. The van der Waals surface area contributed by atoms with Crippen molar-refractivity contribution >= 4 is 28.5 Å². The Hall–Kier alpha value is -1.42. The Labute approximate surface area is 98.1 Å². The van der Waals surface area contributed by atoms with Crippen molar-refractivity contribution in [1.29, 1.82) is 0 Å². The lowest BCUT2D eigenvalue weighted by atomic mass is 10.1. The van der Waals surface area contributed by atoms with Crippen molar-refractivity contribution in [3.05, 3.63) is 41.6 Å². The number of fused-ring (bicyclic) bond motifs is 1. The van der Waals surface area contributed by atoms with Gasteiger partial charge in [0.1, 0.15) is 5.52 Å². The van der Waals surface area contributed by atoms with Crippen molar-refractivity contribution in [3.63, 3.8) is 0 Å². The average Bonchev–Trinajstić information content (AvgIpc) is 2.36. The van der Waals surface area contributed by atoms with Crippen LogP contribution in [-0.2, 0) is 0 Å². The maximum Gasteiger partial charge on any atom is 0.184 e. The molecule has 0 aliphatic carbocycles. The van der Waals surface area contributed by atoms with Crippen LogP contribution >= 0.6 is 12.2 Å². The van der Waals surface area contributed by atoms with E-state index < -0.39 is 11.6 Å². The topological polar surface area (TPSA) is 12.9 Å². The molecule has 0 spiro atoms. The summed E-state index contributed by atoms with van der Waals surface area (Å²) < 4.78 is 25.9. The van der Waals surface area contributed by atoms with E-state index in [9.17, 15) is 8.78 Å². The number of hydrogen-bond donors (Lipinski definition) is 0. The third-order valence-electron chi connectivity index (χ3n) is 1.90. The van der Waals surface area contributed by atoms with Gasteiger partial charge in [0.25, 0.3) is 0 Å². The predicted molar refractivity (Wildman–Crippen MR) is 65.8 cm³/mol. The van der Waals surface area contributed by atoms with Gasteiger partial charge in [0.2, 0.25) is 0 Å². The van der Waals surface area contributed by atoms with Crippen molar-refractivity contribution in [1.82, 2.24) is 4.98 Å². The Balaban J connectivity index is 0.000000606. The van der Waals surface area contributed by atoms with Gasteiger partial charge in [-0.15, -0.1) is 0 Å². The highest BCUT2D eigenvalue weighted by Gasteiger charge is 2.07. The van der Waals surface area contributed by atoms with Crippen LogP contribution in [-0.4, -0.2) is 10.4 Å². The number of aromatic nitrogens is 1. The molecule has 0 N–H and O–H groups in total. The van der Waals surface area contributed by atoms with E-state index in [1.807, 2.05) is 13.8 Å². The maximum atomic E-state index is 13.2. The monoisotopic (exact) mass is 239 g/mol. The zero-order valence-electron chi connectivity index (χ0n) is 9.00. The molecule has 0 unspecified atom stereocenters. The first-order valence-electron chi connectivity index (χ1n) is 4.91. The fraction of sp³-hybridized carbons (Fsp3) is 0.167. The molecule has 0 radical (unpaired) electrons. The lowest BCUT2D eigenvalue weighted by molar-refractivity contribution is 0.515. The molecule has 0 amide bonds. The normalized spacial score (nSPS) is 9.50. The van der Waals surface area contributed by atoms with Crippen LogP contribution in [0.3, 0.4) is 0 Å². The van der Waals surface area contributed by atoms with E-state index in [4.69, 9.17) is 12.2 Å². The number of benzene rings is 1. The van der Waals surface area contributed by atoms with Crippen molar-refractivity contribution in [2.45, 2.75) is 13.8 Å². The number of rotatable bonds is 1. The summed E-state index contributed by atoms with van der Waals surface area (Å²) in [4.78, 5) is 3.80. The molecule has 2 aromatic rings. The van der Waals surface area contributed by atoms with Gasteiger partial charge in [-0.2, -0.15) is 0 Å². The molecule has 1 heterocycles. The van der Waals surface area contributed by atoms with Crippen molar-refractivity contribution in [2.24, 2.45) is 0 Å². The second kappa shape index (κ2) is 5.61. The Bertz CT molecular complexity index is 512. The molecule has 0 bridgehead atoms. The maximum absolute atomic E-state index is 13.2. The van der Waals surface area contributed by atoms with E-state index in [1.54, 1.807) is 6.07 Å². The van der Waals surface area contributed by atoms with Crippen LogP contribution in [0.1, 0.15) is 19.4 Å². The Morgan fingerprint density at radius 3 is 2.56 bits per heavy atom. The van der Waals surface area contributed by atoms with Crippen LogP contribution in [0.15, 0.2) is 24.4 Å². The van der Waals surface area contributed by atoms with Crippen LogP contribution in [0.4, 0.5) is 8.78 Å². The van der Waals surface area contributed by atoms with Gasteiger partial charge < -0.3 is 0 Å². The van der Waals surface area contributed by atoms with E-state index in [0.29, 0.717) is 10.9 Å². The summed E-state index contributed by atoms with van der Waals surface area (Å²) in [6, 6.07) is 4.22. The standard InChI is InChI=1S/C10H5F2NS.C2H6/c11-8-2-1-7-3-6(5-14)4-13-10(7)9(8)12;1-2/h1-5H;1-2H3. The molecule has 16 heavy (non-hydrogen) atoms. The zero-order chi connectivity index (χ0) is 12.1. The number of nitrogens with zero attached hydrogens (tertiary/aromatic N) is 1. The fourth-order valence-electron chi connectivity index (χ4n) is 1.22. The summed E-state index contributed by atoms with van der Waals surface area (Å²) in [6.45, 7) is 4.00. The van der Waals surface area contributed by atoms with Crippen molar-refractivity contribution < 1.29 is 8.78 Å². The molecule has 2 rings (SSSR count). The zero-order valence-corrected chi connectivity index (χ0v) is 9.81. The summed E-state index contributed by atoms with van der Waals surface area (Å²) in [5.41, 5.74) is 0.740. The Morgan fingerprint density at radius 1 is 1.25 bits per heavy atom. The molecule has 0 saturated carbocycles. The van der Waals surface area contributed by atoms with Gasteiger partial charge in [-0.3, -0.25) is 4.98 Å². The summed E-state index contributed by atoms with van der Waals surface area (Å²) in [5.74, 6) is -1.81. The van der Waals surface area contributed by atoms with Crippen molar-refractivity contribution in [2.75, 3.05) is 0 Å². The minimum Gasteiger partial charge on any atom is -0.252 e. The number of pyridine rings is 1. The lowest BCUT2D eigenvalue weighted by Gasteiger charge is -2.00.